The van der Waals surface area contributed by atoms with Crippen LogP contribution in [0.3, 0.4) is 0 Å². The van der Waals surface area contributed by atoms with Crippen molar-refractivity contribution >= 4 is 27.5 Å². The highest BCUT2D eigenvalue weighted by Gasteiger charge is 2.09. The summed E-state index contributed by atoms with van der Waals surface area (Å²) in [5.41, 5.74) is 3.17. The molecule has 0 radical (unpaired) electrons. The Morgan fingerprint density at radius 2 is 2.07 bits per heavy atom. The van der Waals surface area contributed by atoms with Gasteiger partial charge in [-0.05, 0) is 32.4 Å². The van der Waals surface area contributed by atoms with Gasteiger partial charge in [-0.25, -0.2) is 0 Å². The first-order valence-corrected chi connectivity index (χ1v) is 5.44. The summed E-state index contributed by atoms with van der Waals surface area (Å²) < 4.78 is 0. The van der Waals surface area contributed by atoms with Gasteiger partial charge in [-0.2, -0.15) is 0 Å². The molecule has 1 atom stereocenters. The number of hydrogen-bond donors (Lipinski definition) is 1. The van der Waals surface area contributed by atoms with Crippen molar-refractivity contribution < 1.29 is 4.79 Å². The molecule has 1 rings (SSSR count). The fourth-order valence-corrected chi connectivity index (χ4v) is 1.30. The number of carbonyl (C=O) groups is 1. The van der Waals surface area contributed by atoms with E-state index in [1.54, 1.807) is 6.92 Å². The highest BCUT2D eigenvalue weighted by molar-refractivity contribution is 9.10. The van der Waals surface area contributed by atoms with Crippen molar-refractivity contribution in [3.63, 3.8) is 0 Å². The Morgan fingerprint density at radius 3 is 2.57 bits per heavy atom. The van der Waals surface area contributed by atoms with Gasteiger partial charge in [0.1, 0.15) is 0 Å². The summed E-state index contributed by atoms with van der Waals surface area (Å²) in [6.07, 6.45) is 0. The number of rotatable bonds is 2. The van der Waals surface area contributed by atoms with Gasteiger partial charge in [0.2, 0.25) is 5.91 Å². The first kappa shape index (κ1) is 11.2. The molecule has 0 aliphatic rings. The molecule has 1 aromatic carbocycles. The van der Waals surface area contributed by atoms with Crippen molar-refractivity contribution in [1.29, 1.82) is 0 Å². The predicted octanol–water partition coefficient (Wildman–Crippen LogP) is 3.03. The molecule has 0 aliphatic heterocycles. The molecule has 1 unspecified atom stereocenters. The summed E-state index contributed by atoms with van der Waals surface area (Å²) in [4.78, 5) is 11.2. The maximum atomic E-state index is 11.4. The average molecular weight is 256 g/mol. The first-order valence-electron chi connectivity index (χ1n) is 4.53. The zero-order chi connectivity index (χ0) is 10.7. The molecule has 0 aliphatic carbocycles. The fraction of sp³-hybridized carbons (Fsp3) is 0.364. The topological polar surface area (TPSA) is 29.1 Å². The zero-order valence-corrected chi connectivity index (χ0v) is 10.2. The smallest absolute Gasteiger partial charge is 0.237 e. The standard InChI is InChI=1S/C11H14BrNO/c1-7-4-5-10(8(2)6-7)13-11(14)9(3)12/h4-6,9H,1-3H3,(H,13,14). The minimum Gasteiger partial charge on any atom is -0.325 e. The fourth-order valence-electron chi connectivity index (χ4n) is 1.19. The molecule has 3 heteroatoms. The molecule has 14 heavy (non-hydrogen) atoms. The number of carbonyl (C=O) groups excluding carboxylic acids is 1. The van der Waals surface area contributed by atoms with Crippen LogP contribution in [0, 0.1) is 13.8 Å². The van der Waals surface area contributed by atoms with Gasteiger partial charge in [0.25, 0.3) is 0 Å². The van der Waals surface area contributed by atoms with Crippen LogP contribution in [0.25, 0.3) is 0 Å². The van der Waals surface area contributed by atoms with Crippen molar-refractivity contribution in [2.45, 2.75) is 25.6 Å². The molecule has 0 bridgehead atoms. The Balaban J connectivity index is 2.82. The Morgan fingerprint density at radius 1 is 1.43 bits per heavy atom. The SMILES string of the molecule is Cc1ccc(NC(=O)C(C)Br)c(C)c1. The zero-order valence-electron chi connectivity index (χ0n) is 8.60. The van der Waals surface area contributed by atoms with Crippen LogP contribution in [-0.2, 0) is 4.79 Å². The molecule has 0 fully saturated rings. The van der Waals surface area contributed by atoms with Gasteiger partial charge in [-0.3, -0.25) is 4.79 Å². The maximum absolute atomic E-state index is 11.4. The summed E-state index contributed by atoms with van der Waals surface area (Å²) >= 11 is 3.22. The monoisotopic (exact) mass is 255 g/mol. The van der Waals surface area contributed by atoms with Gasteiger partial charge in [0, 0.05) is 5.69 Å². The highest BCUT2D eigenvalue weighted by atomic mass is 79.9. The van der Waals surface area contributed by atoms with Crippen molar-refractivity contribution in [1.82, 2.24) is 0 Å². The Bertz CT molecular complexity index is 347. The van der Waals surface area contributed by atoms with E-state index in [1.807, 2.05) is 26.0 Å². The van der Waals surface area contributed by atoms with Crippen LogP contribution in [-0.4, -0.2) is 10.7 Å². The van der Waals surface area contributed by atoms with Crippen molar-refractivity contribution in [2.75, 3.05) is 5.32 Å². The van der Waals surface area contributed by atoms with E-state index >= 15 is 0 Å². The molecule has 76 valence electrons. The first-order chi connectivity index (χ1) is 6.50. The number of aryl methyl sites for hydroxylation is 2. The van der Waals surface area contributed by atoms with Crippen LogP contribution in [0.15, 0.2) is 18.2 Å². The summed E-state index contributed by atoms with van der Waals surface area (Å²) in [5.74, 6) is -0.0167. The number of benzene rings is 1. The van der Waals surface area contributed by atoms with Gasteiger partial charge in [0.05, 0.1) is 4.83 Å². The third-order valence-electron chi connectivity index (χ3n) is 2.00. The van der Waals surface area contributed by atoms with Crippen LogP contribution < -0.4 is 5.32 Å². The van der Waals surface area contributed by atoms with Gasteiger partial charge in [0.15, 0.2) is 0 Å². The van der Waals surface area contributed by atoms with Crippen LogP contribution in [0.5, 0.6) is 0 Å². The summed E-state index contributed by atoms with van der Waals surface area (Å²) in [5, 5.41) is 2.85. The molecule has 1 amide bonds. The number of alkyl halides is 1. The van der Waals surface area contributed by atoms with E-state index in [0.717, 1.165) is 11.3 Å². The third kappa shape index (κ3) is 2.84. The lowest BCUT2D eigenvalue weighted by molar-refractivity contribution is -0.115. The van der Waals surface area contributed by atoms with Crippen LogP contribution in [0.2, 0.25) is 0 Å². The molecule has 0 heterocycles. The quantitative estimate of drug-likeness (QED) is 0.809. The molecule has 2 nitrogen and oxygen atoms in total. The average Bonchev–Trinajstić information content (AvgIpc) is 2.09. The van der Waals surface area contributed by atoms with Crippen molar-refractivity contribution in [3.05, 3.63) is 29.3 Å². The normalized spacial score (nSPS) is 12.3. The second-order valence-corrected chi connectivity index (χ2v) is 4.80. The minimum atomic E-state index is -0.164. The third-order valence-corrected chi connectivity index (χ3v) is 2.42. The van der Waals surface area contributed by atoms with E-state index in [9.17, 15) is 4.79 Å². The summed E-state index contributed by atoms with van der Waals surface area (Å²) in [6, 6.07) is 5.97. The lowest BCUT2D eigenvalue weighted by Gasteiger charge is -2.09. The second kappa shape index (κ2) is 4.60. The lowest BCUT2D eigenvalue weighted by atomic mass is 10.1. The molecule has 0 spiro atoms. The number of hydrogen-bond acceptors (Lipinski definition) is 1. The minimum absolute atomic E-state index is 0.0167. The van der Waals surface area contributed by atoms with E-state index in [-0.39, 0.29) is 10.7 Å². The Labute approximate surface area is 92.8 Å². The molecular weight excluding hydrogens is 242 g/mol. The van der Waals surface area contributed by atoms with Crippen molar-refractivity contribution in [3.8, 4) is 0 Å². The molecule has 0 aromatic heterocycles. The summed E-state index contributed by atoms with van der Waals surface area (Å²) in [6.45, 7) is 5.83. The van der Waals surface area contributed by atoms with E-state index in [2.05, 4.69) is 27.3 Å². The number of amides is 1. The summed E-state index contributed by atoms with van der Waals surface area (Å²) in [7, 11) is 0. The second-order valence-electron chi connectivity index (χ2n) is 3.42. The molecule has 1 aromatic rings. The highest BCUT2D eigenvalue weighted by Crippen LogP contribution is 2.16. The van der Waals surface area contributed by atoms with Crippen LogP contribution in [0.4, 0.5) is 5.69 Å². The van der Waals surface area contributed by atoms with E-state index in [1.165, 1.54) is 5.56 Å². The van der Waals surface area contributed by atoms with E-state index in [4.69, 9.17) is 0 Å². The molecule has 0 saturated carbocycles. The number of halogens is 1. The number of nitrogens with one attached hydrogen (secondary N) is 1. The largest absolute Gasteiger partial charge is 0.325 e. The Hall–Kier alpha value is -0.830. The van der Waals surface area contributed by atoms with Gasteiger partial charge < -0.3 is 5.32 Å². The van der Waals surface area contributed by atoms with E-state index < -0.39 is 0 Å². The molecular formula is C11H14BrNO. The van der Waals surface area contributed by atoms with Gasteiger partial charge >= 0.3 is 0 Å². The van der Waals surface area contributed by atoms with Crippen molar-refractivity contribution in [2.24, 2.45) is 0 Å². The molecule has 1 N–H and O–H groups in total. The predicted molar refractivity (Wildman–Crippen MR) is 62.9 cm³/mol. The molecule has 0 saturated heterocycles. The lowest BCUT2D eigenvalue weighted by Crippen LogP contribution is -2.20. The van der Waals surface area contributed by atoms with Crippen LogP contribution >= 0.6 is 15.9 Å². The van der Waals surface area contributed by atoms with Crippen LogP contribution in [0.1, 0.15) is 18.1 Å². The van der Waals surface area contributed by atoms with Gasteiger partial charge in [-0.1, -0.05) is 33.6 Å². The maximum Gasteiger partial charge on any atom is 0.237 e. The number of anilines is 1. The van der Waals surface area contributed by atoms with Gasteiger partial charge in [-0.15, -0.1) is 0 Å². The Kier molecular flexibility index (Phi) is 3.69. The van der Waals surface area contributed by atoms with E-state index in [0.29, 0.717) is 0 Å².